The third-order valence-electron chi connectivity index (χ3n) is 4.12. The summed E-state index contributed by atoms with van der Waals surface area (Å²) in [6.45, 7) is 4.68. The molecule has 1 atom stereocenters. The Morgan fingerprint density at radius 1 is 1.36 bits per heavy atom. The number of hydrogen-bond donors (Lipinski definition) is 3. The first kappa shape index (κ1) is 19.2. The molecule has 1 fully saturated rings. The Hall–Kier alpha value is -2.16. The van der Waals surface area contributed by atoms with Gasteiger partial charge in [0.05, 0.1) is 0 Å². The lowest BCUT2D eigenvalue weighted by molar-refractivity contribution is -0.139. The highest BCUT2D eigenvalue weighted by Crippen LogP contribution is 2.20. The van der Waals surface area contributed by atoms with E-state index in [-0.39, 0.29) is 23.8 Å². The Morgan fingerprint density at radius 3 is 2.56 bits per heavy atom. The van der Waals surface area contributed by atoms with Gasteiger partial charge in [-0.05, 0) is 25.2 Å². The second-order valence-corrected chi connectivity index (χ2v) is 7.45. The summed E-state index contributed by atoms with van der Waals surface area (Å²) < 4.78 is 0. The number of carbonyl (C=O) groups excluding carboxylic acids is 2. The molecule has 1 saturated heterocycles. The second-order valence-electron chi connectivity index (χ2n) is 6.56. The van der Waals surface area contributed by atoms with Gasteiger partial charge in [0.1, 0.15) is 6.04 Å². The molecule has 0 radical (unpaired) electrons. The first-order chi connectivity index (χ1) is 11.9. The van der Waals surface area contributed by atoms with Gasteiger partial charge in [-0.25, -0.2) is 14.6 Å². The van der Waals surface area contributed by atoms with Gasteiger partial charge in [0.2, 0.25) is 5.91 Å². The summed E-state index contributed by atoms with van der Waals surface area (Å²) >= 11 is 1.36. The molecule has 9 heteroatoms. The number of rotatable bonds is 6. The van der Waals surface area contributed by atoms with Gasteiger partial charge in [-0.3, -0.25) is 4.79 Å². The smallest absolute Gasteiger partial charge is 0.326 e. The number of carbonyl (C=O) groups is 3. The minimum Gasteiger partial charge on any atom is -0.480 e. The van der Waals surface area contributed by atoms with Crippen LogP contribution in [0, 0.1) is 11.8 Å². The van der Waals surface area contributed by atoms with Crippen molar-refractivity contribution in [1.29, 1.82) is 0 Å². The van der Waals surface area contributed by atoms with Crippen molar-refractivity contribution in [1.82, 2.24) is 15.2 Å². The maximum atomic E-state index is 12.3. The predicted molar refractivity (Wildman–Crippen MR) is 94.5 cm³/mol. The van der Waals surface area contributed by atoms with Crippen molar-refractivity contribution >= 4 is 34.4 Å². The highest BCUT2D eigenvalue weighted by atomic mass is 32.1. The molecule has 1 aliphatic heterocycles. The molecule has 8 nitrogen and oxygen atoms in total. The average molecular weight is 368 g/mol. The Kier molecular flexibility index (Phi) is 6.74. The summed E-state index contributed by atoms with van der Waals surface area (Å²) in [4.78, 5) is 41.3. The van der Waals surface area contributed by atoms with Crippen molar-refractivity contribution < 1.29 is 19.5 Å². The fourth-order valence-corrected chi connectivity index (χ4v) is 3.30. The van der Waals surface area contributed by atoms with Gasteiger partial charge in [0.15, 0.2) is 5.13 Å². The molecule has 2 rings (SSSR count). The Bertz CT molecular complexity index is 597. The quantitative estimate of drug-likeness (QED) is 0.711. The van der Waals surface area contributed by atoms with E-state index in [1.165, 1.54) is 11.3 Å². The van der Waals surface area contributed by atoms with E-state index in [0.29, 0.717) is 37.5 Å². The van der Waals surface area contributed by atoms with Crippen molar-refractivity contribution in [3.63, 3.8) is 0 Å². The minimum atomic E-state index is -1.03. The van der Waals surface area contributed by atoms with Crippen LogP contribution in [0.3, 0.4) is 0 Å². The SMILES string of the molecule is CC(C)CC(NC(=O)N1CCC(C(=O)Nc2nccs2)CC1)C(=O)O. The summed E-state index contributed by atoms with van der Waals surface area (Å²) in [7, 11) is 0. The molecule has 1 aliphatic rings. The first-order valence-electron chi connectivity index (χ1n) is 8.35. The molecule has 1 unspecified atom stereocenters. The summed E-state index contributed by atoms with van der Waals surface area (Å²) in [6, 6.07) is -1.27. The van der Waals surface area contributed by atoms with Crippen LogP contribution in [0.5, 0.6) is 0 Å². The number of likely N-dealkylation sites (tertiary alicyclic amines) is 1. The monoisotopic (exact) mass is 368 g/mol. The molecule has 1 aromatic rings. The van der Waals surface area contributed by atoms with Crippen molar-refractivity contribution in [2.45, 2.75) is 39.2 Å². The first-order valence-corrected chi connectivity index (χ1v) is 9.23. The zero-order valence-electron chi connectivity index (χ0n) is 14.4. The van der Waals surface area contributed by atoms with E-state index in [1.54, 1.807) is 16.5 Å². The number of anilines is 1. The Balaban J connectivity index is 1.81. The van der Waals surface area contributed by atoms with Gasteiger partial charge in [-0.15, -0.1) is 11.3 Å². The number of hydrogen-bond acceptors (Lipinski definition) is 5. The molecule has 1 aromatic heterocycles. The number of urea groups is 1. The third kappa shape index (κ3) is 5.70. The van der Waals surface area contributed by atoms with Crippen LogP contribution in [0.1, 0.15) is 33.1 Å². The molecule has 0 aromatic carbocycles. The number of nitrogens with one attached hydrogen (secondary N) is 2. The van der Waals surface area contributed by atoms with E-state index in [2.05, 4.69) is 15.6 Å². The topological polar surface area (TPSA) is 112 Å². The number of carboxylic acids is 1. The summed E-state index contributed by atoms with van der Waals surface area (Å²) in [5.41, 5.74) is 0. The van der Waals surface area contributed by atoms with Gasteiger partial charge in [-0.1, -0.05) is 13.8 Å². The van der Waals surface area contributed by atoms with Gasteiger partial charge >= 0.3 is 12.0 Å². The number of thiazole rings is 1. The standard InChI is InChI=1S/C16H24N4O4S/c1-10(2)9-12(14(22)23)18-16(24)20-6-3-11(4-7-20)13(21)19-15-17-5-8-25-15/h5,8,10-12H,3-4,6-7,9H2,1-2H3,(H,18,24)(H,22,23)(H,17,19,21). The molecule has 0 saturated carbocycles. The number of nitrogens with zero attached hydrogens (tertiary/aromatic N) is 2. The van der Waals surface area contributed by atoms with E-state index in [4.69, 9.17) is 0 Å². The lowest BCUT2D eigenvalue weighted by atomic mass is 9.96. The molecular weight excluding hydrogens is 344 g/mol. The Morgan fingerprint density at radius 2 is 2.04 bits per heavy atom. The Labute approximate surface area is 150 Å². The fraction of sp³-hybridized carbons (Fsp3) is 0.625. The number of carboxylic acid groups (broad SMARTS) is 1. The summed E-state index contributed by atoms with van der Waals surface area (Å²) in [6.07, 6.45) is 3.11. The van der Waals surface area contributed by atoms with Crippen LogP contribution in [-0.4, -0.2) is 52.0 Å². The second kappa shape index (κ2) is 8.80. The van der Waals surface area contributed by atoms with Crippen molar-refractivity contribution in [3.05, 3.63) is 11.6 Å². The van der Waals surface area contributed by atoms with Gasteiger partial charge in [0, 0.05) is 30.6 Å². The molecule has 3 N–H and O–H groups in total. The molecule has 138 valence electrons. The van der Waals surface area contributed by atoms with Gasteiger partial charge in [0.25, 0.3) is 0 Å². The van der Waals surface area contributed by atoms with Gasteiger partial charge < -0.3 is 20.6 Å². The van der Waals surface area contributed by atoms with Crippen LogP contribution in [0.25, 0.3) is 0 Å². The third-order valence-corrected chi connectivity index (χ3v) is 4.81. The molecule has 0 bridgehead atoms. The largest absolute Gasteiger partial charge is 0.480 e. The van der Waals surface area contributed by atoms with Crippen molar-refractivity contribution in [2.24, 2.45) is 11.8 Å². The summed E-state index contributed by atoms with van der Waals surface area (Å²) in [5.74, 6) is -1.11. The van der Waals surface area contributed by atoms with Crippen LogP contribution < -0.4 is 10.6 Å². The molecular formula is C16H24N4O4S. The van der Waals surface area contributed by atoms with E-state index >= 15 is 0 Å². The lowest BCUT2D eigenvalue weighted by Gasteiger charge is -2.32. The normalized spacial score (nSPS) is 16.5. The number of aliphatic carboxylic acids is 1. The zero-order chi connectivity index (χ0) is 18.4. The molecule has 0 spiro atoms. The van der Waals surface area contributed by atoms with Crippen molar-refractivity contribution in [3.8, 4) is 0 Å². The zero-order valence-corrected chi connectivity index (χ0v) is 15.2. The van der Waals surface area contributed by atoms with E-state index in [9.17, 15) is 19.5 Å². The minimum absolute atomic E-state index is 0.0850. The number of aromatic nitrogens is 1. The maximum absolute atomic E-state index is 12.3. The van der Waals surface area contributed by atoms with Crippen LogP contribution >= 0.6 is 11.3 Å². The van der Waals surface area contributed by atoms with Crippen LogP contribution in [0.2, 0.25) is 0 Å². The number of piperidine rings is 1. The summed E-state index contributed by atoms with van der Waals surface area (Å²) in [5, 5.41) is 16.9. The molecule has 25 heavy (non-hydrogen) atoms. The highest BCUT2D eigenvalue weighted by Gasteiger charge is 2.30. The van der Waals surface area contributed by atoms with Crippen LogP contribution in [0.15, 0.2) is 11.6 Å². The predicted octanol–water partition coefficient (Wildman–Crippen LogP) is 2.00. The van der Waals surface area contributed by atoms with E-state index in [0.717, 1.165) is 0 Å². The molecule has 2 heterocycles. The van der Waals surface area contributed by atoms with Crippen LogP contribution in [0.4, 0.5) is 9.93 Å². The molecule has 0 aliphatic carbocycles. The average Bonchev–Trinajstić information content (AvgIpc) is 3.06. The number of amides is 3. The van der Waals surface area contributed by atoms with E-state index < -0.39 is 12.0 Å². The van der Waals surface area contributed by atoms with Crippen LogP contribution in [-0.2, 0) is 9.59 Å². The highest BCUT2D eigenvalue weighted by molar-refractivity contribution is 7.13. The van der Waals surface area contributed by atoms with Gasteiger partial charge in [-0.2, -0.15) is 0 Å². The van der Waals surface area contributed by atoms with E-state index in [1.807, 2.05) is 13.8 Å². The molecule has 3 amide bonds. The lowest BCUT2D eigenvalue weighted by Crippen LogP contribution is -2.51. The fourth-order valence-electron chi connectivity index (χ4n) is 2.77. The maximum Gasteiger partial charge on any atom is 0.326 e. The van der Waals surface area contributed by atoms with Crippen molar-refractivity contribution in [2.75, 3.05) is 18.4 Å².